The number of unbranched alkanes of at least 4 members (excludes halogenated alkanes) is 35. The first-order chi connectivity index (χ1) is 36.5. The fourth-order valence-corrected chi connectivity index (χ4v) is 11.8. The number of carbonyl (C=O) groups excluding carboxylic acids is 1. The Bertz CT molecular complexity index is 1320. The van der Waals surface area contributed by atoms with Crippen molar-refractivity contribution in [3.8, 4) is 0 Å². The Hall–Kier alpha value is -0.970. The van der Waals surface area contributed by atoms with Gasteiger partial charge in [-0.3, -0.25) is 4.79 Å². The number of rotatable bonds is 50. The molecule has 2 saturated heterocycles. The maximum atomic E-state index is 13.7. The summed E-state index contributed by atoms with van der Waals surface area (Å²) in [6.07, 6.45) is 36.7. The lowest BCUT2D eigenvalue weighted by Crippen LogP contribution is -2.63. The van der Waals surface area contributed by atoms with E-state index in [2.05, 4.69) is 13.8 Å². The quantitative estimate of drug-likeness (QED) is 0.0210. The SMILES string of the molecule is CCCCCCCCCCCCCCCCCCCCC[C@H](C(=O)OC[C@H]1O[C@H](O[C@H]2O[C@H](CO)[C@@H](O)[C@H](O)[C@H]2O)[C@H](O)[C@@H](O)[C@@H]1O)[C@@H](O)CCCCCCCCCCCCCCCCC[C@@H]1C[C@H]1CCCCCC. The van der Waals surface area contributed by atoms with Crippen molar-refractivity contribution >= 4 is 5.97 Å². The van der Waals surface area contributed by atoms with Crippen molar-refractivity contribution in [3.05, 3.63) is 0 Å². The normalized spacial score (nSPS) is 27.7. The van der Waals surface area contributed by atoms with E-state index < -0.39 is 92.6 Å². The molecule has 2 heterocycles. The van der Waals surface area contributed by atoms with Gasteiger partial charge in [-0.05, 0) is 31.1 Å². The zero-order valence-electron chi connectivity index (χ0n) is 48.0. The van der Waals surface area contributed by atoms with Gasteiger partial charge in [-0.15, -0.1) is 0 Å². The van der Waals surface area contributed by atoms with Crippen molar-refractivity contribution < 1.29 is 64.6 Å². The van der Waals surface area contributed by atoms with Crippen LogP contribution in [0.5, 0.6) is 0 Å². The summed E-state index contributed by atoms with van der Waals surface area (Å²) in [6.45, 7) is 3.35. The average molecular weight is 1070 g/mol. The van der Waals surface area contributed by atoms with Crippen LogP contribution in [0.4, 0.5) is 0 Å². The lowest BCUT2D eigenvalue weighted by atomic mass is 9.91. The monoisotopic (exact) mass is 1070 g/mol. The molecule has 13 heteroatoms. The summed E-state index contributed by atoms with van der Waals surface area (Å²) in [5, 5.41) is 84.0. The maximum absolute atomic E-state index is 13.7. The molecule has 0 aromatic rings. The molecule has 0 unspecified atom stereocenters. The van der Waals surface area contributed by atoms with Gasteiger partial charge in [-0.1, -0.05) is 271 Å². The molecule has 3 aliphatic rings. The molecule has 0 aromatic heterocycles. The minimum atomic E-state index is -1.82. The van der Waals surface area contributed by atoms with Crippen LogP contribution in [0, 0.1) is 17.8 Å². The molecule has 14 atom stereocenters. The van der Waals surface area contributed by atoms with E-state index in [1.807, 2.05) is 0 Å². The zero-order valence-corrected chi connectivity index (χ0v) is 48.0. The summed E-state index contributed by atoms with van der Waals surface area (Å²) in [6, 6.07) is 0. The smallest absolute Gasteiger partial charge is 0.311 e. The molecule has 2 aliphatic heterocycles. The molecule has 0 aromatic carbocycles. The number of carbonyl (C=O) groups is 1. The highest BCUT2D eigenvalue weighted by atomic mass is 16.8. The van der Waals surface area contributed by atoms with E-state index >= 15 is 0 Å². The molecule has 444 valence electrons. The van der Waals surface area contributed by atoms with Crippen LogP contribution in [0.2, 0.25) is 0 Å². The second kappa shape index (κ2) is 43.8. The Morgan fingerprint density at radius 3 is 1.13 bits per heavy atom. The van der Waals surface area contributed by atoms with Crippen LogP contribution in [-0.4, -0.2) is 128 Å². The average Bonchev–Trinajstić information content (AvgIpc) is 4.17. The largest absolute Gasteiger partial charge is 0.463 e. The van der Waals surface area contributed by atoms with Crippen molar-refractivity contribution in [2.75, 3.05) is 13.2 Å². The molecular weight excluding hydrogens is 953 g/mol. The van der Waals surface area contributed by atoms with Crippen molar-refractivity contribution in [2.24, 2.45) is 17.8 Å². The number of aliphatic hydroxyl groups is 8. The fourth-order valence-electron chi connectivity index (χ4n) is 11.8. The summed E-state index contributed by atoms with van der Waals surface area (Å²) in [4.78, 5) is 13.7. The van der Waals surface area contributed by atoms with Gasteiger partial charge in [-0.25, -0.2) is 0 Å². The van der Waals surface area contributed by atoms with Gasteiger partial charge in [0.25, 0.3) is 0 Å². The van der Waals surface area contributed by atoms with Gasteiger partial charge in [0, 0.05) is 0 Å². The van der Waals surface area contributed by atoms with Crippen molar-refractivity contribution in [1.29, 1.82) is 0 Å². The van der Waals surface area contributed by atoms with Crippen molar-refractivity contribution in [1.82, 2.24) is 0 Å². The predicted octanol–water partition coefficient (Wildman–Crippen LogP) is 12.2. The standard InChI is InChI=1S/C62H118O13/c1-3-5-7-9-10-11-12-13-14-15-16-17-20-23-26-29-32-35-39-43-50(60(71)72-47-53-55(66)57(68)59(70)62(74-53)75-61-58(69)56(67)54(65)52(46-63)73-61)51(64)44-40-36-33-30-27-24-21-18-19-22-25-28-31-34-38-42-49-45-48(49)41-37-8-6-4-2/h48-59,61-70H,3-47H2,1-2H3/t48-,49-,50+,51+,52-,53-,54-,55-,56+,57+,58-,59-,61-,62-/m1/s1. The molecule has 0 radical (unpaired) electrons. The van der Waals surface area contributed by atoms with Crippen molar-refractivity contribution in [3.63, 3.8) is 0 Å². The van der Waals surface area contributed by atoms with Gasteiger partial charge in [-0.2, -0.15) is 0 Å². The molecular formula is C62H118O13. The zero-order chi connectivity index (χ0) is 54.3. The van der Waals surface area contributed by atoms with E-state index in [4.69, 9.17) is 18.9 Å². The van der Waals surface area contributed by atoms with E-state index in [-0.39, 0.29) is 0 Å². The van der Waals surface area contributed by atoms with Gasteiger partial charge in [0.2, 0.25) is 0 Å². The second-order valence-electron chi connectivity index (χ2n) is 23.8. The first-order valence-electron chi connectivity index (χ1n) is 32.0. The van der Waals surface area contributed by atoms with Crippen molar-refractivity contribution in [2.45, 2.75) is 357 Å². The Morgan fingerprint density at radius 2 is 0.747 bits per heavy atom. The van der Waals surface area contributed by atoms with Gasteiger partial charge in [0.15, 0.2) is 12.6 Å². The molecule has 3 rings (SSSR count). The van der Waals surface area contributed by atoms with Crippen LogP contribution >= 0.6 is 0 Å². The molecule has 3 fully saturated rings. The van der Waals surface area contributed by atoms with Crippen LogP contribution in [0.25, 0.3) is 0 Å². The molecule has 13 nitrogen and oxygen atoms in total. The van der Waals surface area contributed by atoms with Gasteiger partial charge in [0.05, 0.1) is 18.6 Å². The van der Waals surface area contributed by atoms with Crippen LogP contribution in [-0.2, 0) is 23.7 Å². The summed E-state index contributed by atoms with van der Waals surface area (Å²) in [5.74, 6) is 0.716. The Kier molecular flexibility index (Phi) is 39.9. The van der Waals surface area contributed by atoms with Gasteiger partial charge in [0.1, 0.15) is 55.4 Å². The van der Waals surface area contributed by atoms with Gasteiger partial charge >= 0.3 is 5.97 Å². The highest BCUT2D eigenvalue weighted by Crippen LogP contribution is 2.46. The maximum Gasteiger partial charge on any atom is 0.311 e. The van der Waals surface area contributed by atoms with E-state index in [0.29, 0.717) is 12.8 Å². The minimum absolute atomic E-state index is 0.456. The first kappa shape index (κ1) is 68.3. The number of hydrogen-bond acceptors (Lipinski definition) is 13. The number of esters is 1. The van der Waals surface area contributed by atoms with E-state index in [1.165, 1.54) is 218 Å². The summed E-state index contributed by atoms with van der Waals surface area (Å²) >= 11 is 0. The third-order valence-electron chi connectivity index (χ3n) is 17.1. The Morgan fingerprint density at radius 1 is 0.427 bits per heavy atom. The third-order valence-corrected chi connectivity index (χ3v) is 17.1. The predicted molar refractivity (Wildman–Crippen MR) is 299 cm³/mol. The minimum Gasteiger partial charge on any atom is -0.463 e. The summed E-state index contributed by atoms with van der Waals surface area (Å²) < 4.78 is 22.3. The summed E-state index contributed by atoms with van der Waals surface area (Å²) in [5.41, 5.74) is 0. The molecule has 0 bridgehead atoms. The van der Waals surface area contributed by atoms with E-state index in [9.17, 15) is 45.6 Å². The van der Waals surface area contributed by atoms with Crippen LogP contribution in [0.1, 0.15) is 290 Å². The Labute approximate surface area is 457 Å². The summed E-state index contributed by atoms with van der Waals surface area (Å²) in [7, 11) is 0. The molecule has 8 N–H and O–H groups in total. The van der Waals surface area contributed by atoms with Crippen LogP contribution < -0.4 is 0 Å². The second-order valence-corrected chi connectivity index (χ2v) is 23.8. The third kappa shape index (κ3) is 29.9. The highest BCUT2D eigenvalue weighted by Gasteiger charge is 2.50. The highest BCUT2D eigenvalue weighted by molar-refractivity contribution is 5.73. The topological polar surface area (TPSA) is 216 Å². The van der Waals surface area contributed by atoms with Crippen LogP contribution in [0.3, 0.4) is 0 Å². The molecule has 1 aliphatic carbocycles. The number of hydrogen-bond donors (Lipinski definition) is 8. The molecule has 0 spiro atoms. The lowest BCUT2D eigenvalue weighted by Gasteiger charge is -2.44. The molecule has 0 amide bonds. The van der Waals surface area contributed by atoms with E-state index in [0.717, 1.165) is 56.8 Å². The number of aliphatic hydroxyl groups excluding tert-OH is 8. The lowest BCUT2D eigenvalue weighted by molar-refractivity contribution is -0.376. The Balaban J connectivity index is 1.31. The first-order valence-corrected chi connectivity index (χ1v) is 32.0. The fraction of sp³-hybridized carbons (Fsp3) is 0.984. The number of ether oxygens (including phenoxy) is 4. The van der Waals surface area contributed by atoms with E-state index in [1.54, 1.807) is 0 Å². The van der Waals surface area contributed by atoms with Crippen LogP contribution in [0.15, 0.2) is 0 Å². The molecule has 75 heavy (non-hydrogen) atoms. The van der Waals surface area contributed by atoms with Gasteiger partial charge < -0.3 is 59.8 Å². The molecule has 1 saturated carbocycles.